The molecule has 0 bridgehead atoms. The molecule has 0 aliphatic rings. The molecule has 0 aliphatic heterocycles. The van der Waals surface area contributed by atoms with Gasteiger partial charge >= 0.3 is 0 Å². The minimum Gasteiger partial charge on any atom is -0.200 e. The molecule has 0 aliphatic carbocycles. The zero-order chi connectivity index (χ0) is 13.7. The summed E-state index contributed by atoms with van der Waals surface area (Å²) in [5.74, 6) is 0. The molecule has 19 heavy (non-hydrogen) atoms. The summed E-state index contributed by atoms with van der Waals surface area (Å²) >= 11 is 3.25. The van der Waals surface area contributed by atoms with E-state index < -0.39 is 10.0 Å². The minimum absolute atomic E-state index is 0.168. The Hall–Kier alpha value is -1.66. The van der Waals surface area contributed by atoms with Crippen LogP contribution in [0, 0.1) is 0 Å². The van der Waals surface area contributed by atoms with Crippen molar-refractivity contribution in [2.75, 3.05) is 0 Å². The third-order valence-electron chi connectivity index (χ3n) is 2.31. The van der Waals surface area contributed by atoms with E-state index >= 15 is 0 Å². The van der Waals surface area contributed by atoms with Crippen LogP contribution in [0.25, 0.3) is 0 Å². The average Bonchev–Trinajstić information content (AvgIpc) is 2.40. The van der Waals surface area contributed by atoms with Crippen molar-refractivity contribution >= 4 is 32.2 Å². The number of benzene rings is 2. The molecule has 6 heteroatoms. The standard InChI is InChI=1S/C13H11BrN2O2S/c14-12-6-8-13(9-7-12)19(17,18)16-15-10-11-4-2-1-3-5-11/h1-10,16H/b15-10+. The van der Waals surface area contributed by atoms with Gasteiger partial charge in [0, 0.05) is 4.47 Å². The van der Waals surface area contributed by atoms with Gasteiger partial charge in [-0.3, -0.25) is 0 Å². The summed E-state index contributed by atoms with van der Waals surface area (Å²) in [5.41, 5.74) is 0.820. The SMILES string of the molecule is O=S(=O)(N/N=C/c1ccccc1)c1ccc(Br)cc1. The van der Waals surface area contributed by atoms with Crippen LogP contribution in [0.2, 0.25) is 0 Å². The Morgan fingerprint density at radius 1 is 1.00 bits per heavy atom. The maximum Gasteiger partial charge on any atom is 0.276 e. The number of halogens is 1. The molecule has 0 saturated heterocycles. The number of rotatable bonds is 4. The first-order valence-corrected chi connectivity index (χ1v) is 7.71. The third kappa shape index (κ3) is 3.90. The lowest BCUT2D eigenvalue weighted by molar-refractivity contribution is 0.584. The Bertz CT molecular complexity index is 668. The molecule has 0 amide bonds. The molecule has 0 heterocycles. The van der Waals surface area contributed by atoms with Crippen LogP contribution in [0.1, 0.15) is 5.56 Å². The van der Waals surface area contributed by atoms with Crippen molar-refractivity contribution in [3.8, 4) is 0 Å². The Labute approximate surface area is 120 Å². The third-order valence-corrected chi connectivity index (χ3v) is 4.08. The highest BCUT2D eigenvalue weighted by molar-refractivity contribution is 9.10. The highest BCUT2D eigenvalue weighted by Crippen LogP contribution is 2.14. The molecule has 0 fully saturated rings. The molecular weight excluding hydrogens is 328 g/mol. The maximum absolute atomic E-state index is 11.9. The van der Waals surface area contributed by atoms with Gasteiger partial charge in [-0.05, 0) is 29.8 Å². The van der Waals surface area contributed by atoms with Crippen molar-refractivity contribution in [1.82, 2.24) is 4.83 Å². The van der Waals surface area contributed by atoms with Crippen LogP contribution >= 0.6 is 15.9 Å². The summed E-state index contributed by atoms with van der Waals surface area (Å²) in [5, 5.41) is 3.74. The van der Waals surface area contributed by atoms with Gasteiger partial charge in [0.15, 0.2) is 0 Å². The van der Waals surface area contributed by atoms with Crippen molar-refractivity contribution in [3.05, 3.63) is 64.6 Å². The van der Waals surface area contributed by atoms with E-state index in [-0.39, 0.29) is 4.90 Å². The molecule has 98 valence electrons. The molecule has 0 radical (unpaired) electrons. The largest absolute Gasteiger partial charge is 0.276 e. The van der Waals surface area contributed by atoms with E-state index in [1.807, 2.05) is 30.3 Å². The predicted molar refractivity (Wildman–Crippen MR) is 78.5 cm³/mol. The van der Waals surface area contributed by atoms with Crippen molar-refractivity contribution in [1.29, 1.82) is 0 Å². The second-order valence-corrected chi connectivity index (χ2v) is 6.29. The van der Waals surface area contributed by atoms with Gasteiger partial charge in [0.1, 0.15) is 0 Å². The molecule has 0 spiro atoms. The van der Waals surface area contributed by atoms with E-state index in [9.17, 15) is 8.42 Å². The number of hydrazone groups is 1. The predicted octanol–water partition coefficient (Wildman–Crippen LogP) is 2.76. The fourth-order valence-corrected chi connectivity index (χ4v) is 2.43. The smallest absolute Gasteiger partial charge is 0.200 e. The molecule has 0 atom stereocenters. The van der Waals surface area contributed by atoms with Crippen LogP contribution in [-0.4, -0.2) is 14.6 Å². The van der Waals surface area contributed by atoms with E-state index in [0.29, 0.717) is 0 Å². The Balaban J connectivity index is 2.10. The lowest BCUT2D eigenvalue weighted by Crippen LogP contribution is -2.18. The number of nitrogens with one attached hydrogen (secondary N) is 1. The summed E-state index contributed by atoms with van der Waals surface area (Å²) in [4.78, 5) is 2.34. The lowest BCUT2D eigenvalue weighted by Gasteiger charge is -2.02. The van der Waals surface area contributed by atoms with Gasteiger partial charge in [-0.25, -0.2) is 4.83 Å². The van der Waals surface area contributed by atoms with Crippen molar-refractivity contribution in [2.45, 2.75) is 4.90 Å². The van der Waals surface area contributed by atoms with Gasteiger partial charge in [-0.15, -0.1) is 0 Å². The molecule has 2 aromatic rings. The van der Waals surface area contributed by atoms with Crippen molar-refractivity contribution in [3.63, 3.8) is 0 Å². The first-order valence-electron chi connectivity index (χ1n) is 5.43. The number of sulfonamides is 1. The molecular formula is C13H11BrN2O2S. The van der Waals surface area contributed by atoms with E-state index in [2.05, 4.69) is 25.9 Å². The van der Waals surface area contributed by atoms with Crippen molar-refractivity contribution in [2.24, 2.45) is 5.10 Å². The van der Waals surface area contributed by atoms with Gasteiger partial charge in [0.05, 0.1) is 11.1 Å². The maximum atomic E-state index is 11.9. The van der Waals surface area contributed by atoms with Gasteiger partial charge in [0.2, 0.25) is 0 Å². The molecule has 0 saturated carbocycles. The van der Waals surface area contributed by atoms with Gasteiger partial charge in [0.25, 0.3) is 10.0 Å². The Morgan fingerprint density at radius 2 is 1.63 bits per heavy atom. The molecule has 1 N–H and O–H groups in total. The monoisotopic (exact) mass is 338 g/mol. The zero-order valence-corrected chi connectivity index (χ0v) is 12.2. The van der Waals surface area contributed by atoms with Gasteiger partial charge in [-0.2, -0.15) is 13.5 Å². The first-order chi connectivity index (χ1) is 9.08. The summed E-state index contributed by atoms with van der Waals surface area (Å²) in [7, 11) is -3.62. The van der Waals surface area contributed by atoms with Gasteiger partial charge < -0.3 is 0 Å². The first kappa shape index (κ1) is 13.8. The second kappa shape index (κ2) is 5.99. The highest BCUT2D eigenvalue weighted by Gasteiger charge is 2.11. The molecule has 2 rings (SSSR count). The molecule has 4 nitrogen and oxygen atoms in total. The van der Waals surface area contributed by atoms with Gasteiger partial charge in [-0.1, -0.05) is 46.3 Å². The number of hydrogen-bond acceptors (Lipinski definition) is 3. The van der Waals surface area contributed by atoms with Crippen LogP contribution in [-0.2, 0) is 10.0 Å². The lowest BCUT2D eigenvalue weighted by atomic mass is 10.2. The van der Waals surface area contributed by atoms with Crippen LogP contribution in [0.3, 0.4) is 0 Å². The summed E-state index contributed by atoms with van der Waals surface area (Å²) in [6, 6.07) is 15.6. The fourth-order valence-electron chi connectivity index (χ4n) is 1.38. The molecule has 0 aromatic heterocycles. The average molecular weight is 339 g/mol. The molecule has 2 aromatic carbocycles. The topological polar surface area (TPSA) is 58.5 Å². The molecule has 0 unspecified atom stereocenters. The normalized spacial score (nSPS) is 11.6. The van der Waals surface area contributed by atoms with Crippen LogP contribution in [0.4, 0.5) is 0 Å². The van der Waals surface area contributed by atoms with Crippen LogP contribution in [0.15, 0.2) is 69.1 Å². The van der Waals surface area contributed by atoms with E-state index in [0.717, 1.165) is 10.0 Å². The summed E-state index contributed by atoms with van der Waals surface area (Å²) < 4.78 is 24.6. The van der Waals surface area contributed by atoms with Crippen molar-refractivity contribution < 1.29 is 8.42 Å². The van der Waals surface area contributed by atoms with E-state index in [1.165, 1.54) is 18.3 Å². The Kier molecular flexibility index (Phi) is 4.34. The minimum atomic E-state index is -3.62. The second-order valence-electron chi connectivity index (χ2n) is 3.72. The van der Waals surface area contributed by atoms with Crippen LogP contribution in [0.5, 0.6) is 0 Å². The highest BCUT2D eigenvalue weighted by atomic mass is 79.9. The zero-order valence-electron chi connectivity index (χ0n) is 9.82. The van der Waals surface area contributed by atoms with E-state index in [1.54, 1.807) is 12.1 Å². The quantitative estimate of drug-likeness (QED) is 0.688. The summed E-state index contributed by atoms with van der Waals surface area (Å²) in [6.07, 6.45) is 1.45. The number of hydrogen-bond donors (Lipinski definition) is 1. The van der Waals surface area contributed by atoms with E-state index in [4.69, 9.17) is 0 Å². The Morgan fingerprint density at radius 3 is 2.26 bits per heavy atom. The fraction of sp³-hybridized carbons (Fsp3) is 0. The summed E-state index contributed by atoms with van der Waals surface area (Å²) in [6.45, 7) is 0. The number of nitrogens with zero attached hydrogens (tertiary/aromatic N) is 1. The van der Waals surface area contributed by atoms with Crippen LogP contribution < -0.4 is 4.83 Å².